The topological polar surface area (TPSA) is 51.0 Å². The van der Waals surface area contributed by atoms with Crippen molar-refractivity contribution < 1.29 is 4.79 Å². The second-order valence-electron chi connectivity index (χ2n) is 6.20. The maximum absolute atomic E-state index is 12.3. The summed E-state index contributed by atoms with van der Waals surface area (Å²) in [7, 11) is 0. The third-order valence-corrected chi connectivity index (χ3v) is 5.18. The Kier molecular flexibility index (Phi) is 5.56. The summed E-state index contributed by atoms with van der Waals surface area (Å²) in [6.45, 7) is 6.87. The Labute approximate surface area is 147 Å². The summed E-state index contributed by atoms with van der Waals surface area (Å²) in [5, 5.41) is 9.57. The van der Waals surface area contributed by atoms with E-state index in [1.165, 1.54) is 17.3 Å². The molecule has 0 aliphatic carbocycles. The van der Waals surface area contributed by atoms with Crippen molar-refractivity contribution >= 4 is 17.7 Å². The first kappa shape index (κ1) is 17.0. The number of rotatable bonds is 6. The van der Waals surface area contributed by atoms with E-state index in [1.807, 2.05) is 11.0 Å². The Morgan fingerprint density at radius 3 is 2.75 bits per heavy atom. The van der Waals surface area contributed by atoms with Gasteiger partial charge >= 0.3 is 0 Å². The van der Waals surface area contributed by atoms with Gasteiger partial charge in [0.25, 0.3) is 0 Å². The minimum absolute atomic E-state index is 0.209. The van der Waals surface area contributed by atoms with Crippen LogP contribution in [-0.2, 0) is 11.3 Å². The molecule has 1 fully saturated rings. The van der Waals surface area contributed by atoms with Crippen LogP contribution < -0.4 is 0 Å². The van der Waals surface area contributed by atoms with Crippen LogP contribution in [0.25, 0.3) is 11.4 Å². The van der Waals surface area contributed by atoms with E-state index in [1.54, 1.807) is 0 Å². The Morgan fingerprint density at radius 2 is 2.04 bits per heavy atom. The molecule has 0 N–H and O–H groups in total. The van der Waals surface area contributed by atoms with Crippen LogP contribution in [0.15, 0.2) is 29.4 Å². The van der Waals surface area contributed by atoms with Crippen LogP contribution in [0.2, 0.25) is 0 Å². The molecule has 1 amide bonds. The number of aryl methyl sites for hydroxylation is 1. The van der Waals surface area contributed by atoms with Crippen LogP contribution in [0.4, 0.5) is 0 Å². The fourth-order valence-corrected chi connectivity index (χ4v) is 3.87. The molecule has 128 valence electrons. The number of amides is 1. The van der Waals surface area contributed by atoms with Gasteiger partial charge in [0.1, 0.15) is 0 Å². The molecule has 0 bridgehead atoms. The van der Waals surface area contributed by atoms with Crippen molar-refractivity contribution in [3.05, 3.63) is 29.8 Å². The van der Waals surface area contributed by atoms with Crippen LogP contribution >= 0.6 is 11.8 Å². The minimum atomic E-state index is 0.209. The number of carbonyl (C=O) groups excluding carboxylic acids is 1. The van der Waals surface area contributed by atoms with E-state index < -0.39 is 0 Å². The van der Waals surface area contributed by atoms with Gasteiger partial charge in [0.15, 0.2) is 11.0 Å². The summed E-state index contributed by atoms with van der Waals surface area (Å²) < 4.78 is 2.14. The predicted molar refractivity (Wildman–Crippen MR) is 97.0 cm³/mol. The van der Waals surface area contributed by atoms with Crippen molar-refractivity contribution in [2.75, 3.05) is 18.8 Å². The smallest absolute Gasteiger partial charge is 0.233 e. The highest BCUT2D eigenvalue weighted by Crippen LogP contribution is 2.25. The van der Waals surface area contributed by atoms with Gasteiger partial charge in [0.05, 0.1) is 5.75 Å². The number of aromatic nitrogens is 3. The van der Waals surface area contributed by atoms with Gasteiger partial charge in [-0.2, -0.15) is 0 Å². The molecule has 0 spiro atoms. The van der Waals surface area contributed by atoms with Crippen molar-refractivity contribution in [2.24, 2.45) is 0 Å². The summed E-state index contributed by atoms with van der Waals surface area (Å²) in [6.07, 6.45) is 3.25. The first-order valence-corrected chi connectivity index (χ1v) is 9.58. The lowest BCUT2D eigenvalue weighted by molar-refractivity contribution is -0.127. The number of likely N-dealkylation sites (tertiary alicyclic amines) is 1. The molecule has 0 atom stereocenters. The third kappa shape index (κ3) is 3.80. The zero-order valence-corrected chi connectivity index (χ0v) is 15.2. The first-order chi connectivity index (χ1) is 11.7. The van der Waals surface area contributed by atoms with Crippen molar-refractivity contribution in [3.8, 4) is 11.4 Å². The van der Waals surface area contributed by atoms with Gasteiger partial charge in [-0.05, 0) is 32.3 Å². The van der Waals surface area contributed by atoms with Crippen LogP contribution in [0.1, 0.15) is 31.7 Å². The van der Waals surface area contributed by atoms with Crippen molar-refractivity contribution in [1.29, 1.82) is 0 Å². The van der Waals surface area contributed by atoms with Crippen molar-refractivity contribution in [1.82, 2.24) is 19.7 Å². The highest BCUT2D eigenvalue weighted by molar-refractivity contribution is 7.99. The summed E-state index contributed by atoms with van der Waals surface area (Å²) in [4.78, 5) is 14.2. The standard InChI is InChI=1S/C18H24N4OS/c1-3-9-22-17(15-8-6-7-14(2)12-15)19-20-18(22)24-13-16(23)21-10-4-5-11-21/h6-8,12H,3-5,9-11,13H2,1-2H3. The van der Waals surface area contributed by atoms with E-state index in [2.05, 4.69) is 46.8 Å². The number of benzene rings is 1. The van der Waals surface area contributed by atoms with E-state index >= 15 is 0 Å². The van der Waals surface area contributed by atoms with E-state index in [9.17, 15) is 4.79 Å². The molecule has 1 saturated heterocycles. The molecule has 1 aliphatic heterocycles. The predicted octanol–water partition coefficient (Wildman–Crippen LogP) is 3.38. The van der Waals surface area contributed by atoms with Gasteiger partial charge in [0.2, 0.25) is 5.91 Å². The molecule has 6 heteroatoms. The molecule has 3 rings (SSSR count). The largest absolute Gasteiger partial charge is 0.342 e. The highest BCUT2D eigenvalue weighted by Gasteiger charge is 2.20. The molecule has 0 radical (unpaired) electrons. The van der Waals surface area contributed by atoms with Crippen LogP contribution in [-0.4, -0.2) is 44.4 Å². The van der Waals surface area contributed by atoms with Gasteiger partial charge in [-0.1, -0.05) is 42.4 Å². The molecule has 5 nitrogen and oxygen atoms in total. The molecule has 0 saturated carbocycles. The Bertz CT molecular complexity index is 707. The number of hydrogen-bond acceptors (Lipinski definition) is 4. The highest BCUT2D eigenvalue weighted by atomic mass is 32.2. The third-order valence-electron chi connectivity index (χ3n) is 4.22. The molecular weight excluding hydrogens is 320 g/mol. The van der Waals surface area contributed by atoms with Crippen molar-refractivity contribution in [3.63, 3.8) is 0 Å². The monoisotopic (exact) mass is 344 g/mol. The molecule has 0 unspecified atom stereocenters. The molecule has 1 aromatic carbocycles. The zero-order chi connectivity index (χ0) is 16.9. The van der Waals surface area contributed by atoms with E-state index in [0.29, 0.717) is 5.75 Å². The lowest BCUT2D eigenvalue weighted by Crippen LogP contribution is -2.29. The molecule has 1 aromatic heterocycles. The normalized spacial score (nSPS) is 14.3. The van der Waals surface area contributed by atoms with Crippen molar-refractivity contribution in [2.45, 2.75) is 44.8 Å². The second kappa shape index (κ2) is 7.83. The van der Waals surface area contributed by atoms with E-state index in [4.69, 9.17) is 0 Å². The number of carbonyl (C=O) groups is 1. The van der Waals surface area contributed by atoms with E-state index in [0.717, 1.165) is 55.4 Å². The van der Waals surface area contributed by atoms with Crippen LogP contribution in [0.3, 0.4) is 0 Å². The van der Waals surface area contributed by atoms with Gasteiger partial charge in [-0.15, -0.1) is 10.2 Å². The van der Waals surface area contributed by atoms with Gasteiger partial charge in [0, 0.05) is 25.2 Å². The number of thioether (sulfide) groups is 1. The fraction of sp³-hybridized carbons (Fsp3) is 0.500. The van der Waals surface area contributed by atoms with Crippen LogP contribution in [0.5, 0.6) is 0 Å². The Balaban J connectivity index is 1.77. The summed E-state index contributed by atoms with van der Waals surface area (Å²) in [6, 6.07) is 8.31. The minimum Gasteiger partial charge on any atom is -0.342 e. The lowest BCUT2D eigenvalue weighted by Gasteiger charge is -2.15. The SMILES string of the molecule is CCCn1c(SCC(=O)N2CCCC2)nnc1-c1cccc(C)c1. The number of hydrogen-bond donors (Lipinski definition) is 0. The average Bonchev–Trinajstić information content (AvgIpc) is 3.23. The zero-order valence-electron chi connectivity index (χ0n) is 14.4. The molecular formula is C18H24N4OS. The van der Waals surface area contributed by atoms with E-state index in [-0.39, 0.29) is 5.91 Å². The van der Waals surface area contributed by atoms with Gasteiger partial charge in [-0.3, -0.25) is 4.79 Å². The molecule has 2 aromatic rings. The fourth-order valence-electron chi connectivity index (χ4n) is 3.00. The quantitative estimate of drug-likeness (QED) is 0.754. The summed E-state index contributed by atoms with van der Waals surface area (Å²) in [5.41, 5.74) is 2.28. The van der Waals surface area contributed by atoms with Gasteiger partial charge < -0.3 is 9.47 Å². The molecule has 24 heavy (non-hydrogen) atoms. The maximum Gasteiger partial charge on any atom is 0.233 e. The van der Waals surface area contributed by atoms with Gasteiger partial charge in [-0.25, -0.2) is 0 Å². The second-order valence-corrected chi connectivity index (χ2v) is 7.15. The Morgan fingerprint density at radius 1 is 1.25 bits per heavy atom. The molecule has 1 aliphatic rings. The molecule has 2 heterocycles. The van der Waals surface area contributed by atoms with Crippen LogP contribution in [0, 0.1) is 6.92 Å². The Hall–Kier alpha value is -1.82. The first-order valence-electron chi connectivity index (χ1n) is 8.60. The number of nitrogens with zero attached hydrogens (tertiary/aromatic N) is 4. The maximum atomic E-state index is 12.3. The average molecular weight is 344 g/mol. The summed E-state index contributed by atoms with van der Waals surface area (Å²) >= 11 is 1.50. The summed E-state index contributed by atoms with van der Waals surface area (Å²) in [5.74, 6) is 1.53. The lowest BCUT2D eigenvalue weighted by atomic mass is 10.1.